The maximum atomic E-state index is 12.6. The molecule has 0 fully saturated rings. The molecule has 14 heteroatoms. The van der Waals surface area contributed by atoms with Crippen LogP contribution in [0, 0.1) is 24.0 Å². The minimum Gasteiger partial charge on any atom is -0.481 e. The number of benzene rings is 4. The van der Waals surface area contributed by atoms with E-state index < -0.39 is 46.6 Å². The summed E-state index contributed by atoms with van der Waals surface area (Å²) in [6, 6.07) is 23.9. The zero-order valence-corrected chi connectivity index (χ0v) is 29.9. The molecule has 0 aliphatic carbocycles. The van der Waals surface area contributed by atoms with E-state index in [-0.39, 0.29) is 49.6 Å². The SMILES string of the molecule is CC(C(=O)NC(CC(=O)O)Cc1ccc(C(F)(F)F)cc1)c1ccccc1.Cc1cc(C)cc(CC(=O)N[C@H](CC(=O)O)Cc2ccc([N+](=O)[O-])cc2)c1. The van der Waals surface area contributed by atoms with Crippen molar-refractivity contribution in [3.8, 4) is 0 Å². The normalized spacial score (nSPS) is 12.6. The van der Waals surface area contributed by atoms with Crippen LogP contribution in [0.4, 0.5) is 18.9 Å². The number of rotatable bonds is 15. The standard InChI is InChI=1S/C20H20F3NO3.C20H22N2O5/c1-13(15-5-3-2-4-6-15)19(27)24-17(12-18(25)26)11-14-7-9-16(10-8-14)20(21,22)23;1-13-7-14(2)9-16(8-13)11-19(23)21-17(12-20(24)25)10-15-3-5-18(6-4-15)22(26)27/h2-10,13,17H,11-12H2,1H3,(H,24,27)(H,25,26);3-9,17H,10-12H2,1-2H3,(H,21,23)(H,24,25)/t;17-/m.0/s1. The van der Waals surface area contributed by atoms with Gasteiger partial charge >= 0.3 is 18.1 Å². The summed E-state index contributed by atoms with van der Waals surface area (Å²) in [5, 5.41) is 34.4. The third-order valence-electron chi connectivity index (χ3n) is 8.29. The molecule has 0 aliphatic heterocycles. The average molecular weight is 750 g/mol. The second-order valence-corrected chi connectivity index (χ2v) is 13.0. The van der Waals surface area contributed by atoms with Gasteiger partial charge < -0.3 is 20.8 Å². The fraction of sp³-hybridized carbons (Fsp3) is 0.300. The van der Waals surface area contributed by atoms with Gasteiger partial charge in [0.05, 0.1) is 35.7 Å². The van der Waals surface area contributed by atoms with Crippen molar-refractivity contribution < 1.29 is 47.5 Å². The van der Waals surface area contributed by atoms with Crippen LogP contribution in [-0.2, 0) is 44.6 Å². The molecule has 11 nitrogen and oxygen atoms in total. The first-order valence-electron chi connectivity index (χ1n) is 16.9. The van der Waals surface area contributed by atoms with Crippen LogP contribution in [0.3, 0.4) is 0 Å². The number of nitrogens with one attached hydrogen (secondary N) is 2. The molecule has 4 N–H and O–H groups in total. The van der Waals surface area contributed by atoms with Crippen molar-refractivity contribution in [2.75, 3.05) is 0 Å². The predicted molar refractivity (Wildman–Crippen MR) is 195 cm³/mol. The number of hydrogen-bond acceptors (Lipinski definition) is 6. The summed E-state index contributed by atoms with van der Waals surface area (Å²) in [4.78, 5) is 57.3. The zero-order chi connectivity index (χ0) is 40.0. The van der Waals surface area contributed by atoms with Crippen LogP contribution in [0.5, 0.6) is 0 Å². The Bertz CT molecular complexity index is 1880. The van der Waals surface area contributed by atoms with Crippen molar-refractivity contribution in [3.63, 3.8) is 0 Å². The summed E-state index contributed by atoms with van der Waals surface area (Å²) in [5.74, 6) is -3.18. The molecule has 4 aromatic rings. The first-order valence-corrected chi connectivity index (χ1v) is 16.9. The van der Waals surface area contributed by atoms with Gasteiger partial charge in [-0.3, -0.25) is 29.3 Å². The Hall–Kier alpha value is -6.05. The summed E-state index contributed by atoms with van der Waals surface area (Å²) in [6.07, 6.45) is -4.42. The molecular formula is C40H42F3N3O8. The Morgan fingerprint density at radius 1 is 0.722 bits per heavy atom. The van der Waals surface area contributed by atoms with Crippen LogP contribution in [0.25, 0.3) is 0 Å². The van der Waals surface area contributed by atoms with Gasteiger partial charge in [0.1, 0.15) is 0 Å². The Balaban J connectivity index is 0.000000290. The van der Waals surface area contributed by atoms with Gasteiger partial charge in [0.25, 0.3) is 5.69 Å². The first-order chi connectivity index (χ1) is 25.4. The van der Waals surface area contributed by atoms with Gasteiger partial charge in [-0.05, 0) is 68.0 Å². The Morgan fingerprint density at radius 2 is 1.20 bits per heavy atom. The molecule has 2 amide bonds. The molecule has 0 saturated carbocycles. The second kappa shape index (κ2) is 19.7. The molecule has 54 heavy (non-hydrogen) atoms. The average Bonchev–Trinajstić information content (AvgIpc) is 3.07. The monoisotopic (exact) mass is 749 g/mol. The van der Waals surface area contributed by atoms with Crippen LogP contribution in [0.1, 0.15) is 64.6 Å². The maximum Gasteiger partial charge on any atom is 0.416 e. The number of carbonyl (C=O) groups is 4. The number of nitro groups is 1. The molecule has 4 aromatic carbocycles. The number of carboxylic acid groups (broad SMARTS) is 2. The van der Waals surface area contributed by atoms with Gasteiger partial charge in [0, 0.05) is 24.2 Å². The van der Waals surface area contributed by atoms with Gasteiger partial charge in [0.15, 0.2) is 0 Å². The summed E-state index contributed by atoms with van der Waals surface area (Å²) >= 11 is 0. The quantitative estimate of drug-likeness (QED) is 0.0745. The molecule has 0 bridgehead atoms. The van der Waals surface area contributed by atoms with Crippen molar-refractivity contribution in [3.05, 3.63) is 146 Å². The molecule has 286 valence electrons. The van der Waals surface area contributed by atoms with E-state index in [0.29, 0.717) is 5.56 Å². The van der Waals surface area contributed by atoms with Crippen LogP contribution in [0.15, 0.2) is 97.1 Å². The minimum absolute atomic E-state index is 0.0348. The fourth-order valence-electron chi connectivity index (χ4n) is 5.78. The number of halogens is 3. The van der Waals surface area contributed by atoms with E-state index in [1.54, 1.807) is 43.3 Å². The molecule has 3 atom stereocenters. The van der Waals surface area contributed by atoms with Crippen LogP contribution >= 0.6 is 0 Å². The topological polar surface area (TPSA) is 176 Å². The minimum atomic E-state index is -4.43. The van der Waals surface area contributed by atoms with Crippen LogP contribution in [0.2, 0.25) is 0 Å². The van der Waals surface area contributed by atoms with Crippen LogP contribution < -0.4 is 10.6 Å². The number of hydrogen-bond donors (Lipinski definition) is 4. The van der Waals surface area contributed by atoms with E-state index in [2.05, 4.69) is 10.6 Å². The zero-order valence-electron chi connectivity index (χ0n) is 29.9. The van der Waals surface area contributed by atoms with Gasteiger partial charge in [-0.25, -0.2) is 0 Å². The Labute approximate surface area is 310 Å². The van der Waals surface area contributed by atoms with E-state index in [0.717, 1.165) is 39.9 Å². The number of carbonyl (C=O) groups excluding carboxylic acids is 2. The number of nitrogens with zero attached hydrogens (tertiary/aromatic N) is 1. The lowest BCUT2D eigenvalue weighted by atomic mass is 9.98. The summed E-state index contributed by atoms with van der Waals surface area (Å²) in [6.45, 7) is 5.62. The van der Waals surface area contributed by atoms with Crippen molar-refractivity contribution in [1.82, 2.24) is 10.6 Å². The highest BCUT2D eigenvalue weighted by molar-refractivity contribution is 5.84. The predicted octanol–water partition coefficient (Wildman–Crippen LogP) is 6.97. The Kier molecular flexibility index (Phi) is 15.4. The lowest BCUT2D eigenvalue weighted by Crippen LogP contribution is -2.40. The summed E-state index contributed by atoms with van der Waals surface area (Å²) < 4.78 is 37.9. The third-order valence-corrected chi connectivity index (χ3v) is 8.29. The van der Waals surface area contributed by atoms with Crippen molar-refractivity contribution in [2.24, 2.45) is 0 Å². The van der Waals surface area contributed by atoms with Crippen molar-refractivity contribution in [1.29, 1.82) is 0 Å². The molecule has 2 unspecified atom stereocenters. The smallest absolute Gasteiger partial charge is 0.416 e. The molecular weight excluding hydrogens is 707 g/mol. The number of carboxylic acids is 2. The molecule has 0 aromatic heterocycles. The molecule has 0 radical (unpaired) electrons. The largest absolute Gasteiger partial charge is 0.481 e. The molecule has 0 spiro atoms. The van der Waals surface area contributed by atoms with Crippen LogP contribution in [-0.4, -0.2) is 51.0 Å². The number of aryl methyl sites for hydroxylation is 2. The lowest BCUT2D eigenvalue weighted by molar-refractivity contribution is -0.384. The van der Waals surface area contributed by atoms with Crippen molar-refractivity contribution >= 4 is 29.4 Å². The van der Waals surface area contributed by atoms with Crippen molar-refractivity contribution in [2.45, 2.75) is 77.1 Å². The Morgan fingerprint density at radius 3 is 1.67 bits per heavy atom. The number of amides is 2. The van der Waals surface area contributed by atoms with E-state index in [1.165, 1.54) is 24.3 Å². The highest BCUT2D eigenvalue weighted by atomic mass is 19.4. The fourth-order valence-corrected chi connectivity index (χ4v) is 5.78. The van der Waals surface area contributed by atoms with Gasteiger partial charge in [0.2, 0.25) is 11.8 Å². The van der Waals surface area contributed by atoms with Gasteiger partial charge in [-0.2, -0.15) is 13.2 Å². The van der Waals surface area contributed by atoms with Gasteiger partial charge in [-0.1, -0.05) is 83.9 Å². The summed E-state index contributed by atoms with van der Waals surface area (Å²) in [5.41, 5.74) is 4.21. The third kappa shape index (κ3) is 14.5. The highest BCUT2D eigenvalue weighted by Crippen LogP contribution is 2.29. The first kappa shape index (κ1) is 42.4. The number of aliphatic carboxylic acids is 2. The van der Waals surface area contributed by atoms with E-state index in [1.807, 2.05) is 38.1 Å². The molecule has 0 aliphatic rings. The highest BCUT2D eigenvalue weighted by Gasteiger charge is 2.30. The second-order valence-electron chi connectivity index (χ2n) is 13.0. The molecule has 0 saturated heterocycles. The molecule has 4 rings (SSSR count). The van der Waals surface area contributed by atoms with Gasteiger partial charge in [-0.15, -0.1) is 0 Å². The lowest BCUT2D eigenvalue weighted by Gasteiger charge is -2.20. The number of nitro benzene ring substituents is 1. The summed E-state index contributed by atoms with van der Waals surface area (Å²) in [7, 11) is 0. The number of non-ortho nitro benzene ring substituents is 1. The number of alkyl halides is 3. The van der Waals surface area contributed by atoms with E-state index >= 15 is 0 Å². The maximum absolute atomic E-state index is 12.6. The molecule has 0 heterocycles. The van der Waals surface area contributed by atoms with E-state index in [9.17, 15) is 42.5 Å². The van der Waals surface area contributed by atoms with E-state index in [4.69, 9.17) is 10.2 Å².